The molecule has 2 aliphatic rings. The van der Waals surface area contributed by atoms with Crippen LogP contribution >= 0.6 is 0 Å². The van der Waals surface area contributed by atoms with Crippen molar-refractivity contribution in [3.63, 3.8) is 0 Å². The molecule has 1 N–H and O–H groups in total. The number of nitrogens with one attached hydrogen (secondary N) is 1. The zero-order chi connectivity index (χ0) is 12.1. The smallest absolute Gasteiger partial charge is 0.0392 e. The molecule has 3 atom stereocenters. The fourth-order valence-electron chi connectivity index (χ4n) is 3.54. The van der Waals surface area contributed by atoms with Crippen LogP contribution in [-0.2, 0) is 0 Å². The minimum atomic E-state index is 0.518. The Labute approximate surface area is 108 Å². The van der Waals surface area contributed by atoms with E-state index in [1.807, 2.05) is 0 Å². The Morgan fingerprint density at radius 2 is 2.00 bits per heavy atom. The molecule has 2 aromatic carbocycles. The predicted octanol–water partition coefficient (Wildman–Crippen LogP) is 3.91. The second-order valence-corrected chi connectivity index (χ2v) is 5.59. The third kappa shape index (κ3) is 1.37. The van der Waals surface area contributed by atoms with E-state index in [1.165, 1.54) is 28.3 Å². The van der Waals surface area contributed by atoms with Crippen LogP contribution in [0.5, 0.6) is 0 Å². The lowest BCUT2D eigenvalue weighted by molar-refractivity contribution is 0.537. The van der Waals surface area contributed by atoms with Crippen LogP contribution in [-0.4, -0.2) is 6.04 Å². The van der Waals surface area contributed by atoms with E-state index in [0.717, 1.165) is 0 Å². The molecule has 1 fully saturated rings. The van der Waals surface area contributed by atoms with Crippen LogP contribution in [0.2, 0.25) is 0 Å². The minimum absolute atomic E-state index is 0.518. The molecule has 2 aromatic rings. The van der Waals surface area contributed by atoms with Crippen molar-refractivity contribution in [3.05, 3.63) is 53.6 Å². The van der Waals surface area contributed by atoms with Gasteiger partial charge in [0.1, 0.15) is 0 Å². The summed E-state index contributed by atoms with van der Waals surface area (Å²) in [6.07, 6.45) is 5.99. The number of rotatable bonds is 0. The standard InChI is InChI=1S/C17H17N/c1-11-10-13-7-8-15-14-5-3-2-4-12(14)6-9-16(15)17(13)18-11/h2-9,11,13,17-18H,10H2,1H3. The highest BCUT2D eigenvalue weighted by molar-refractivity contribution is 5.92. The molecule has 1 aliphatic heterocycles. The summed E-state index contributed by atoms with van der Waals surface area (Å²) in [4.78, 5) is 0. The first-order chi connectivity index (χ1) is 8.83. The molecule has 3 unspecified atom stereocenters. The van der Waals surface area contributed by atoms with E-state index in [0.29, 0.717) is 18.0 Å². The van der Waals surface area contributed by atoms with Gasteiger partial charge in [-0.2, -0.15) is 0 Å². The fraction of sp³-hybridized carbons (Fsp3) is 0.294. The van der Waals surface area contributed by atoms with E-state index in [4.69, 9.17) is 0 Å². The van der Waals surface area contributed by atoms with Crippen LogP contribution in [0.4, 0.5) is 0 Å². The van der Waals surface area contributed by atoms with Crippen LogP contribution in [0.3, 0.4) is 0 Å². The zero-order valence-corrected chi connectivity index (χ0v) is 10.6. The van der Waals surface area contributed by atoms with Crippen molar-refractivity contribution in [1.82, 2.24) is 5.32 Å². The Kier molecular flexibility index (Phi) is 2.12. The van der Waals surface area contributed by atoms with Crippen LogP contribution in [0.15, 0.2) is 42.5 Å². The van der Waals surface area contributed by atoms with Crippen molar-refractivity contribution in [2.45, 2.75) is 25.4 Å². The first-order valence-electron chi connectivity index (χ1n) is 6.79. The monoisotopic (exact) mass is 235 g/mol. The quantitative estimate of drug-likeness (QED) is 0.730. The van der Waals surface area contributed by atoms with Gasteiger partial charge in [0.05, 0.1) is 0 Å². The van der Waals surface area contributed by atoms with Gasteiger partial charge in [-0.15, -0.1) is 0 Å². The van der Waals surface area contributed by atoms with E-state index in [-0.39, 0.29) is 0 Å². The van der Waals surface area contributed by atoms with E-state index in [2.05, 4.69) is 60.8 Å². The number of hydrogen-bond donors (Lipinski definition) is 1. The second kappa shape index (κ2) is 3.69. The Morgan fingerprint density at radius 3 is 2.94 bits per heavy atom. The lowest BCUT2D eigenvalue weighted by atomic mass is 9.83. The molecule has 1 heteroatoms. The highest BCUT2D eigenvalue weighted by atomic mass is 15.0. The third-order valence-corrected chi connectivity index (χ3v) is 4.37. The SMILES string of the molecule is CC1CC2C=Cc3c(ccc4ccccc34)C2N1. The van der Waals surface area contributed by atoms with Gasteiger partial charge in [0.2, 0.25) is 0 Å². The molecule has 18 heavy (non-hydrogen) atoms. The average molecular weight is 235 g/mol. The van der Waals surface area contributed by atoms with Crippen molar-refractivity contribution in [3.8, 4) is 0 Å². The van der Waals surface area contributed by atoms with Gasteiger partial charge < -0.3 is 5.32 Å². The number of hydrogen-bond acceptors (Lipinski definition) is 1. The number of benzene rings is 2. The summed E-state index contributed by atoms with van der Waals surface area (Å²) in [5, 5.41) is 6.44. The molecule has 4 rings (SSSR count). The lowest BCUT2D eigenvalue weighted by Crippen LogP contribution is -2.23. The summed E-state index contributed by atoms with van der Waals surface area (Å²) in [6.45, 7) is 2.28. The van der Waals surface area contributed by atoms with E-state index in [1.54, 1.807) is 0 Å². The maximum atomic E-state index is 3.73. The van der Waals surface area contributed by atoms with Gasteiger partial charge in [-0.05, 0) is 41.2 Å². The fourth-order valence-corrected chi connectivity index (χ4v) is 3.54. The third-order valence-electron chi connectivity index (χ3n) is 4.37. The molecule has 90 valence electrons. The average Bonchev–Trinajstić information content (AvgIpc) is 2.79. The van der Waals surface area contributed by atoms with Gasteiger partial charge in [-0.1, -0.05) is 48.6 Å². The van der Waals surface area contributed by atoms with Crippen molar-refractivity contribution >= 4 is 16.8 Å². The van der Waals surface area contributed by atoms with E-state index >= 15 is 0 Å². The van der Waals surface area contributed by atoms with E-state index < -0.39 is 0 Å². The summed E-state index contributed by atoms with van der Waals surface area (Å²) >= 11 is 0. The predicted molar refractivity (Wildman–Crippen MR) is 76.4 cm³/mol. The van der Waals surface area contributed by atoms with Crippen LogP contribution < -0.4 is 5.32 Å². The normalized spacial score (nSPS) is 29.3. The summed E-state index contributed by atoms with van der Waals surface area (Å²) < 4.78 is 0. The Morgan fingerprint density at radius 1 is 1.11 bits per heavy atom. The van der Waals surface area contributed by atoms with Crippen molar-refractivity contribution < 1.29 is 0 Å². The molecule has 0 spiro atoms. The van der Waals surface area contributed by atoms with E-state index in [9.17, 15) is 0 Å². The van der Waals surface area contributed by atoms with Crippen molar-refractivity contribution in [2.75, 3.05) is 0 Å². The molecule has 1 heterocycles. The van der Waals surface area contributed by atoms with Crippen molar-refractivity contribution in [1.29, 1.82) is 0 Å². The van der Waals surface area contributed by atoms with Gasteiger partial charge in [0, 0.05) is 12.1 Å². The molecule has 0 radical (unpaired) electrons. The van der Waals surface area contributed by atoms with Crippen LogP contribution in [0.1, 0.15) is 30.5 Å². The second-order valence-electron chi connectivity index (χ2n) is 5.59. The minimum Gasteiger partial charge on any atom is -0.307 e. The Balaban J connectivity index is 1.96. The maximum absolute atomic E-state index is 3.73. The van der Waals surface area contributed by atoms with Crippen LogP contribution in [0.25, 0.3) is 16.8 Å². The summed E-state index contributed by atoms with van der Waals surface area (Å²) in [5.74, 6) is 0.675. The molecule has 0 bridgehead atoms. The topological polar surface area (TPSA) is 12.0 Å². The molecule has 1 nitrogen and oxygen atoms in total. The van der Waals surface area contributed by atoms with Gasteiger partial charge in [-0.25, -0.2) is 0 Å². The van der Waals surface area contributed by atoms with Gasteiger partial charge >= 0.3 is 0 Å². The molecule has 1 aliphatic carbocycles. The summed E-state index contributed by atoms with van der Waals surface area (Å²) in [7, 11) is 0. The largest absolute Gasteiger partial charge is 0.307 e. The highest BCUT2D eigenvalue weighted by Crippen LogP contribution is 2.41. The maximum Gasteiger partial charge on any atom is 0.0392 e. The number of fused-ring (bicyclic) bond motifs is 5. The summed E-state index contributed by atoms with van der Waals surface area (Å²) in [6, 6.07) is 14.4. The van der Waals surface area contributed by atoms with Crippen molar-refractivity contribution in [2.24, 2.45) is 5.92 Å². The Bertz CT molecular complexity index is 641. The lowest BCUT2D eigenvalue weighted by Gasteiger charge is -2.24. The van der Waals surface area contributed by atoms with Gasteiger partial charge in [0.25, 0.3) is 0 Å². The molecule has 0 aromatic heterocycles. The summed E-state index contributed by atoms with van der Waals surface area (Å²) in [5.41, 5.74) is 2.89. The van der Waals surface area contributed by atoms with Crippen LogP contribution in [0, 0.1) is 5.92 Å². The zero-order valence-electron chi connectivity index (χ0n) is 10.6. The van der Waals surface area contributed by atoms with Gasteiger partial charge in [0.15, 0.2) is 0 Å². The molecular formula is C17H17N. The first-order valence-corrected chi connectivity index (χ1v) is 6.79. The molecule has 0 saturated carbocycles. The molecular weight excluding hydrogens is 218 g/mol. The molecule has 0 amide bonds. The molecule has 1 saturated heterocycles. The first kappa shape index (κ1) is 10.3. The Hall–Kier alpha value is -1.60. The highest BCUT2D eigenvalue weighted by Gasteiger charge is 2.34. The van der Waals surface area contributed by atoms with Gasteiger partial charge in [-0.3, -0.25) is 0 Å².